The lowest BCUT2D eigenvalue weighted by Gasteiger charge is -2.17. The van der Waals surface area contributed by atoms with E-state index in [2.05, 4.69) is 0 Å². The fourth-order valence-corrected chi connectivity index (χ4v) is 2.77. The fraction of sp³-hybridized carbons (Fsp3) is 0.273. The van der Waals surface area contributed by atoms with Crippen molar-refractivity contribution < 1.29 is 33.4 Å². The smallest absolute Gasteiger partial charge is 0.330 e. The summed E-state index contributed by atoms with van der Waals surface area (Å²) in [5.74, 6) is 0.373. The highest BCUT2D eigenvalue weighted by atomic mass is 16.6. The summed E-state index contributed by atoms with van der Waals surface area (Å²) in [5.41, 5.74) is 0.0289. The van der Waals surface area contributed by atoms with E-state index >= 15 is 0 Å². The van der Waals surface area contributed by atoms with Gasteiger partial charge in [-0.2, -0.15) is 5.26 Å². The Morgan fingerprint density at radius 1 is 1.12 bits per heavy atom. The van der Waals surface area contributed by atoms with E-state index in [-0.39, 0.29) is 35.1 Å². The Morgan fingerprint density at radius 3 is 2.38 bits per heavy atom. The minimum absolute atomic E-state index is 0.0294. The van der Waals surface area contributed by atoms with Gasteiger partial charge in [-0.3, -0.25) is 10.1 Å². The van der Waals surface area contributed by atoms with Crippen molar-refractivity contribution in [3.8, 4) is 29.1 Å². The van der Waals surface area contributed by atoms with Crippen molar-refractivity contribution in [2.45, 2.75) is 13.0 Å². The van der Waals surface area contributed by atoms with Crippen molar-refractivity contribution in [3.05, 3.63) is 57.6 Å². The minimum atomic E-state index is -1.38. The Bertz CT molecular complexity index is 1060. The zero-order valence-electron chi connectivity index (χ0n) is 18.0. The number of nitro benzene ring substituents is 1. The van der Waals surface area contributed by atoms with Crippen LogP contribution in [0.5, 0.6) is 23.0 Å². The standard InChI is InChI=1S/C22H22N2O8/c1-5-31-22(25)9-7-14-6-8-15(28-2)10-18(14)32-21(13-23)16-11-19(29-3)20(30-4)12-17(16)24(26)27/h6-12,21H,5H2,1-4H3/b9-7+. The number of hydrogen-bond acceptors (Lipinski definition) is 9. The number of methoxy groups -OCH3 is 3. The molecule has 168 valence electrons. The second-order valence-corrected chi connectivity index (χ2v) is 6.14. The average molecular weight is 442 g/mol. The van der Waals surface area contributed by atoms with Crippen LogP contribution in [0.1, 0.15) is 24.2 Å². The molecule has 2 rings (SSSR count). The van der Waals surface area contributed by atoms with Crippen molar-refractivity contribution in [2.24, 2.45) is 0 Å². The predicted molar refractivity (Wildman–Crippen MR) is 114 cm³/mol. The van der Waals surface area contributed by atoms with Crippen LogP contribution in [-0.2, 0) is 9.53 Å². The summed E-state index contributed by atoms with van der Waals surface area (Å²) in [6.07, 6.45) is 1.28. The van der Waals surface area contributed by atoms with Crippen molar-refractivity contribution in [1.29, 1.82) is 5.26 Å². The molecule has 0 fully saturated rings. The van der Waals surface area contributed by atoms with Crippen LogP contribution in [0.3, 0.4) is 0 Å². The van der Waals surface area contributed by atoms with E-state index in [1.54, 1.807) is 19.1 Å². The molecule has 0 aliphatic rings. The lowest BCUT2D eigenvalue weighted by atomic mass is 10.1. The second-order valence-electron chi connectivity index (χ2n) is 6.14. The number of nitrogens with zero attached hydrogens (tertiary/aromatic N) is 2. The lowest BCUT2D eigenvalue weighted by molar-refractivity contribution is -0.386. The van der Waals surface area contributed by atoms with Crippen molar-refractivity contribution >= 4 is 17.7 Å². The molecule has 0 spiro atoms. The Morgan fingerprint density at radius 2 is 1.81 bits per heavy atom. The van der Waals surface area contributed by atoms with E-state index in [1.165, 1.54) is 45.6 Å². The van der Waals surface area contributed by atoms with Gasteiger partial charge in [0.15, 0.2) is 11.5 Å². The summed E-state index contributed by atoms with van der Waals surface area (Å²) in [5, 5.41) is 21.4. The van der Waals surface area contributed by atoms with Gasteiger partial charge in [0.05, 0.1) is 44.5 Å². The highest BCUT2D eigenvalue weighted by Gasteiger charge is 2.28. The van der Waals surface area contributed by atoms with Gasteiger partial charge < -0.3 is 23.7 Å². The SMILES string of the molecule is CCOC(=O)/C=C/c1ccc(OC)cc1OC(C#N)c1cc(OC)c(OC)cc1[N+](=O)[O-]. The lowest BCUT2D eigenvalue weighted by Crippen LogP contribution is -2.10. The Kier molecular flexibility index (Phi) is 8.42. The largest absolute Gasteiger partial charge is 0.497 e. The van der Waals surface area contributed by atoms with Gasteiger partial charge in [0.1, 0.15) is 17.6 Å². The van der Waals surface area contributed by atoms with Crippen molar-refractivity contribution in [1.82, 2.24) is 0 Å². The molecule has 2 aromatic carbocycles. The maximum atomic E-state index is 11.7. The first-order chi connectivity index (χ1) is 15.4. The van der Waals surface area contributed by atoms with Gasteiger partial charge in [0.25, 0.3) is 5.69 Å². The summed E-state index contributed by atoms with van der Waals surface area (Å²) < 4.78 is 26.2. The number of benzene rings is 2. The van der Waals surface area contributed by atoms with E-state index in [9.17, 15) is 20.2 Å². The van der Waals surface area contributed by atoms with Crippen LogP contribution in [-0.4, -0.2) is 38.8 Å². The first-order valence-electron chi connectivity index (χ1n) is 9.37. The third-order valence-corrected chi connectivity index (χ3v) is 4.28. The molecule has 0 radical (unpaired) electrons. The van der Waals surface area contributed by atoms with Crippen LogP contribution < -0.4 is 18.9 Å². The molecular formula is C22H22N2O8. The summed E-state index contributed by atoms with van der Waals surface area (Å²) in [4.78, 5) is 22.7. The number of nitro groups is 1. The molecule has 10 nitrogen and oxygen atoms in total. The molecule has 10 heteroatoms. The second kappa shape index (κ2) is 11.2. The quantitative estimate of drug-likeness (QED) is 0.233. The molecule has 0 heterocycles. The summed E-state index contributed by atoms with van der Waals surface area (Å²) in [6, 6.07) is 9.15. The molecule has 2 aromatic rings. The molecule has 0 bridgehead atoms. The van der Waals surface area contributed by atoms with Crippen LogP contribution in [0.4, 0.5) is 5.69 Å². The van der Waals surface area contributed by atoms with Gasteiger partial charge in [0, 0.05) is 17.7 Å². The highest BCUT2D eigenvalue weighted by Crippen LogP contribution is 2.39. The maximum absolute atomic E-state index is 11.7. The van der Waals surface area contributed by atoms with Gasteiger partial charge in [-0.25, -0.2) is 4.79 Å². The maximum Gasteiger partial charge on any atom is 0.330 e. The van der Waals surface area contributed by atoms with Gasteiger partial charge >= 0.3 is 5.97 Å². The number of ether oxygens (including phenoxy) is 5. The van der Waals surface area contributed by atoms with Crippen molar-refractivity contribution in [3.63, 3.8) is 0 Å². The molecule has 0 N–H and O–H groups in total. The van der Waals surface area contributed by atoms with E-state index in [0.29, 0.717) is 11.3 Å². The van der Waals surface area contributed by atoms with Crippen LogP contribution in [0.25, 0.3) is 6.08 Å². The number of esters is 1. The monoisotopic (exact) mass is 442 g/mol. The third-order valence-electron chi connectivity index (χ3n) is 4.28. The zero-order valence-corrected chi connectivity index (χ0v) is 18.0. The summed E-state index contributed by atoms with van der Waals surface area (Å²) in [7, 11) is 4.17. The van der Waals surface area contributed by atoms with E-state index < -0.39 is 17.0 Å². The average Bonchev–Trinajstić information content (AvgIpc) is 2.80. The number of carbonyl (C=O) groups excluding carboxylic acids is 1. The van der Waals surface area contributed by atoms with Crippen LogP contribution >= 0.6 is 0 Å². The van der Waals surface area contributed by atoms with Gasteiger partial charge in [0.2, 0.25) is 6.10 Å². The summed E-state index contributed by atoms with van der Waals surface area (Å²) in [6.45, 7) is 1.90. The molecule has 0 saturated carbocycles. The Hall–Kier alpha value is -4.26. The molecule has 1 atom stereocenters. The first-order valence-corrected chi connectivity index (χ1v) is 9.37. The Labute approximate surface area is 184 Å². The molecule has 1 unspecified atom stereocenters. The molecule has 0 amide bonds. The molecule has 0 aliphatic carbocycles. The number of hydrogen-bond donors (Lipinski definition) is 0. The normalized spacial score (nSPS) is 11.3. The van der Waals surface area contributed by atoms with E-state index in [4.69, 9.17) is 23.7 Å². The number of rotatable bonds is 10. The van der Waals surface area contributed by atoms with E-state index in [1.807, 2.05) is 6.07 Å². The van der Waals surface area contributed by atoms with E-state index in [0.717, 1.165) is 6.07 Å². The molecule has 0 aromatic heterocycles. The third kappa shape index (κ3) is 5.66. The molecule has 0 aliphatic heterocycles. The topological polar surface area (TPSA) is 130 Å². The predicted octanol–water partition coefficient (Wildman–Crippen LogP) is 3.84. The van der Waals surface area contributed by atoms with Gasteiger partial charge in [-0.05, 0) is 31.2 Å². The Balaban J connectivity index is 2.54. The van der Waals surface area contributed by atoms with Gasteiger partial charge in [-0.15, -0.1) is 0 Å². The van der Waals surface area contributed by atoms with Gasteiger partial charge in [-0.1, -0.05) is 0 Å². The molecular weight excluding hydrogens is 420 g/mol. The minimum Gasteiger partial charge on any atom is -0.497 e. The molecule has 0 saturated heterocycles. The number of nitriles is 1. The summed E-state index contributed by atoms with van der Waals surface area (Å²) >= 11 is 0. The first kappa shape index (κ1) is 24.0. The zero-order chi connectivity index (χ0) is 23.7. The fourth-order valence-electron chi connectivity index (χ4n) is 2.77. The molecule has 32 heavy (non-hydrogen) atoms. The van der Waals surface area contributed by atoms with Crippen molar-refractivity contribution in [2.75, 3.05) is 27.9 Å². The van der Waals surface area contributed by atoms with Crippen LogP contribution in [0, 0.1) is 21.4 Å². The number of carbonyl (C=O) groups is 1. The van der Waals surface area contributed by atoms with Crippen LogP contribution in [0.15, 0.2) is 36.4 Å². The van der Waals surface area contributed by atoms with Crippen LogP contribution in [0.2, 0.25) is 0 Å². The highest BCUT2D eigenvalue weighted by molar-refractivity contribution is 5.87.